The Balaban J connectivity index is 2.24. The Kier molecular flexibility index (Phi) is 4.70. The predicted octanol–water partition coefficient (Wildman–Crippen LogP) is 0.625. The predicted molar refractivity (Wildman–Crippen MR) is 77.5 cm³/mol. The van der Waals surface area contributed by atoms with E-state index in [1.807, 2.05) is 13.8 Å². The molecule has 1 atom stereocenters. The van der Waals surface area contributed by atoms with Gasteiger partial charge < -0.3 is 14.6 Å². The number of nitrogens with zero attached hydrogens (tertiary/aromatic N) is 1. The minimum Gasteiger partial charge on any atom is -0.379 e. The van der Waals surface area contributed by atoms with Crippen LogP contribution in [-0.2, 0) is 14.8 Å². The van der Waals surface area contributed by atoms with E-state index in [0.29, 0.717) is 18.9 Å². The number of nitrogens with two attached hydrogens (primary N) is 1. The van der Waals surface area contributed by atoms with E-state index in [0.717, 1.165) is 12.8 Å². The first kappa shape index (κ1) is 16.0. The van der Waals surface area contributed by atoms with Crippen molar-refractivity contribution in [3.8, 4) is 0 Å². The monoisotopic (exact) mass is 315 g/mol. The van der Waals surface area contributed by atoms with E-state index >= 15 is 0 Å². The van der Waals surface area contributed by atoms with Crippen LogP contribution in [0, 0.1) is 0 Å². The quantitative estimate of drug-likeness (QED) is 0.850. The number of sulfonamides is 1. The van der Waals surface area contributed by atoms with Crippen molar-refractivity contribution in [2.75, 3.05) is 13.2 Å². The normalized spacial score (nSPS) is 19.7. The third-order valence-electron chi connectivity index (χ3n) is 3.44. The highest BCUT2D eigenvalue weighted by Gasteiger charge is 2.23. The molecule has 0 aliphatic carbocycles. The molecule has 3 N–H and O–H groups in total. The van der Waals surface area contributed by atoms with E-state index in [9.17, 15) is 13.2 Å². The molecule has 2 heterocycles. The second kappa shape index (κ2) is 6.17. The summed E-state index contributed by atoms with van der Waals surface area (Å²) in [5, 5.41) is 8.01. The maximum atomic E-state index is 12.4. The molecule has 7 nitrogen and oxygen atoms in total. The minimum absolute atomic E-state index is 0.0419. The number of carbonyl (C=O) groups is 1. The first-order valence-corrected chi connectivity index (χ1v) is 8.47. The van der Waals surface area contributed by atoms with Gasteiger partial charge in [-0.15, -0.1) is 0 Å². The van der Waals surface area contributed by atoms with Crippen LogP contribution in [0.4, 0.5) is 0 Å². The molecule has 2 rings (SSSR count). The number of aromatic nitrogens is 1. The van der Waals surface area contributed by atoms with Gasteiger partial charge in [0.25, 0.3) is 5.91 Å². The Morgan fingerprint density at radius 2 is 2.24 bits per heavy atom. The van der Waals surface area contributed by atoms with E-state index in [2.05, 4.69) is 5.32 Å². The SMILES string of the molecule is CC(C)n1cc(S(N)(=O)=O)cc1C(=O)NC1CCCOC1. The largest absolute Gasteiger partial charge is 0.379 e. The number of hydrogen-bond donors (Lipinski definition) is 2. The third-order valence-corrected chi connectivity index (χ3v) is 4.32. The van der Waals surface area contributed by atoms with Crippen LogP contribution < -0.4 is 10.5 Å². The molecule has 1 aliphatic heterocycles. The molecule has 8 heteroatoms. The molecule has 0 radical (unpaired) electrons. The molecule has 1 unspecified atom stereocenters. The van der Waals surface area contributed by atoms with Crippen LogP contribution in [0.2, 0.25) is 0 Å². The van der Waals surface area contributed by atoms with Crippen LogP contribution in [-0.4, -0.2) is 38.1 Å². The number of ether oxygens (including phenoxy) is 1. The van der Waals surface area contributed by atoms with Crippen molar-refractivity contribution < 1.29 is 17.9 Å². The Labute approximate surface area is 124 Å². The minimum atomic E-state index is -3.83. The van der Waals surface area contributed by atoms with E-state index in [-0.39, 0.29) is 22.9 Å². The van der Waals surface area contributed by atoms with Crippen molar-refractivity contribution >= 4 is 15.9 Å². The van der Waals surface area contributed by atoms with Crippen LogP contribution >= 0.6 is 0 Å². The molecule has 1 aliphatic rings. The highest BCUT2D eigenvalue weighted by molar-refractivity contribution is 7.89. The summed E-state index contributed by atoms with van der Waals surface area (Å²) < 4.78 is 29.8. The number of amides is 1. The third kappa shape index (κ3) is 3.84. The van der Waals surface area contributed by atoms with E-state index in [4.69, 9.17) is 9.88 Å². The number of carbonyl (C=O) groups excluding carboxylic acids is 1. The van der Waals surface area contributed by atoms with Crippen LogP contribution in [0.5, 0.6) is 0 Å². The second-order valence-corrected chi connectivity index (χ2v) is 7.06. The lowest BCUT2D eigenvalue weighted by Crippen LogP contribution is -2.41. The van der Waals surface area contributed by atoms with Gasteiger partial charge in [-0.2, -0.15) is 0 Å². The highest BCUT2D eigenvalue weighted by atomic mass is 32.2. The Bertz CT molecular complexity index is 615. The number of nitrogens with one attached hydrogen (secondary N) is 1. The first-order chi connectivity index (χ1) is 9.79. The van der Waals surface area contributed by atoms with Crippen LogP contribution in [0.1, 0.15) is 43.2 Å². The molecule has 1 amide bonds. The summed E-state index contributed by atoms with van der Waals surface area (Å²) in [6, 6.07) is 1.22. The smallest absolute Gasteiger partial charge is 0.268 e. The molecule has 0 spiro atoms. The van der Waals surface area contributed by atoms with Crippen molar-refractivity contribution in [3.63, 3.8) is 0 Å². The van der Waals surface area contributed by atoms with Crippen molar-refractivity contribution in [3.05, 3.63) is 18.0 Å². The molecule has 0 aromatic carbocycles. The summed E-state index contributed by atoms with van der Waals surface area (Å²) in [5.74, 6) is -0.311. The van der Waals surface area contributed by atoms with Crippen molar-refractivity contribution in [1.29, 1.82) is 0 Å². The Morgan fingerprint density at radius 3 is 2.76 bits per heavy atom. The fourth-order valence-electron chi connectivity index (χ4n) is 2.33. The average Bonchev–Trinajstić information content (AvgIpc) is 2.85. The Hall–Kier alpha value is -1.38. The molecule has 0 saturated carbocycles. The van der Waals surface area contributed by atoms with Crippen molar-refractivity contribution in [2.45, 2.75) is 43.7 Å². The van der Waals surface area contributed by atoms with Crippen LogP contribution in [0.15, 0.2) is 17.2 Å². The number of hydrogen-bond acceptors (Lipinski definition) is 4. The molecule has 1 saturated heterocycles. The summed E-state index contributed by atoms with van der Waals surface area (Å²) in [5.41, 5.74) is 0.291. The van der Waals surface area contributed by atoms with Gasteiger partial charge in [-0.05, 0) is 32.8 Å². The molecule has 118 valence electrons. The lowest BCUT2D eigenvalue weighted by atomic mass is 10.1. The summed E-state index contributed by atoms with van der Waals surface area (Å²) in [7, 11) is -3.83. The summed E-state index contributed by atoms with van der Waals surface area (Å²) in [6.07, 6.45) is 3.15. The molecule has 0 bridgehead atoms. The fourth-order valence-corrected chi connectivity index (χ4v) is 2.87. The van der Waals surface area contributed by atoms with Crippen LogP contribution in [0.25, 0.3) is 0 Å². The molecular formula is C13H21N3O4S. The number of rotatable bonds is 4. The van der Waals surface area contributed by atoms with Crippen LogP contribution in [0.3, 0.4) is 0 Å². The average molecular weight is 315 g/mol. The lowest BCUT2D eigenvalue weighted by Gasteiger charge is -2.23. The topological polar surface area (TPSA) is 103 Å². The van der Waals surface area contributed by atoms with Gasteiger partial charge in [0.15, 0.2) is 0 Å². The highest BCUT2D eigenvalue weighted by Crippen LogP contribution is 2.18. The molecule has 1 aromatic heterocycles. The zero-order valence-corrected chi connectivity index (χ0v) is 13.0. The molecular weight excluding hydrogens is 294 g/mol. The fraction of sp³-hybridized carbons (Fsp3) is 0.615. The van der Waals surface area contributed by atoms with Gasteiger partial charge in [-0.25, -0.2) is 13.6 Å². The molecule has 21 heavy (non-hydrogen) atoms. The Morgan fingerprint density at radius 1 is 1.52 bits per heavy atom. The summed E-state index contributed by atoms with van der Waals surface area (Å²) in [4.78, 5) is 12.3. The second-order valence-electron chi connectivity index (χ2n) is 5.49. The lowest BCUT2D eigenvalue weighted by molar-refractivity contribution is 0.0619. The van der Waals surface area contributed by atoms with Gasteiger partial charge >= 0.3 is 0 Å². The van der Waals surface area contributed by atoms with E-state index < -0.39 is 10.0 Å². The van der Waals surface area contributed by atoms with Gasteiger partial charge in [0.2, 0.25) is 10.0 Å². The van der Waals surface area contributed by atoms with Gasteiger partial charge in [0.05, 0.1) is 12.6 Å². The zero-order chi connectivity index (χ0) is 15.6. The van der Waals surface area contributed by atoms with E-state index in [1.165, 1.54) is 12.3 Å². The zero-order valence-electron chi connectivity index (χ0n) is 12.2. The van der Waals surface area contributed by atoms with Crippen molar-refractivity contribution in [2.24, 2.45) is 5.14 Å². The maximum Gasteiger partial charge on any atom is 0.268 e. The summed E-state index contributed by atoms with van der Waals surface area (Å²) in [6.45, 7) is 4.93. The number of primary sulfonamides is 1. The molecule has 1 fully saturated rings. The van der Waals surface area contributed by atoms with Gasteiger partial charge in [-0.1, -0.05) is 0 Å². The van der Waals surface area contributed by atoms with E-state index in [1.54, 1.807) is 4.57 Å². The van der Waals surface area contributed by atoms with Gasteiger partial charge in [0, 0.05) is 18.8 Å². The standard InChI is InChI=1S/C13H21N3O4S/c1-9(2)16-7-11(21(14,18)19)6-12(16)13(17)15-10-4-3-5-20-8-10/h6-7,9-10H,3-5,8H2,1-2H3,(H,15,17)(H2,14,18,19). The van der Waals surface area contributed by atoms with Gasteiger partial charge in [0.1, 0.15) is 10.6 Å². The summed E-state index contributed by atoms with van der Waals surface area (Å²) >= 11 is 0. The van der Waals surface area contributed by atoms with Gasteiger partial charge in [-0.3, -0.25) is 4.79 Å². The first-order valence-electron chi connectivity index (χ1n) is 6.92. The molecule has 1 aromatic rings. The maximum absolute atomic E-state index is 12.4. The van der Waals surface area contributed by atoms with Crippen molar-refractivity contribution in [1.82, 2.24) is 9.88 Å².